The first kappa shape index (κ1) is 21.6. The zero-order valence-electron chi connectivity index (χ0n) is 18.3. The van der Waals surface area contributed by atoms with Crippen molar-refractivity contribution in [3.63, 3.8) is 0 Å². The number of aromatic nitrogens is 7. The number of pyridine rings is 1. The molecular weight excluding hydrogens is 439 g/mol. The van der Waals surface area contributed by atoms with Crippen LogP contribution in [0.15, 0.2) is 47.7 Å². The van der Waals surface area contributed by atoms with E-state index in [4.69, 9.17) is 5.73 Å². The van der Waals surface area contributed by atoms with Gasteiger partial charge in [0.25, 0.3) is 5.56 Å². The lowest BCUT2D eigenvalue weighted by molar-refractivity contribution is 0.288. The Morgan fingerprint density at radius 2 is 1.94 bits per heavy atom. The Kier molecular flexibility index (Phi) is 5.46. The fourth-order valence-corrected chi connectivity index (χ4v) is 4.05. The summed E-state index contributed by atoms with van der Waals surface area (Å²) in [5.74, 6) is -0.0653. The van der Waals surface area contributed by atoms with Crippen molar-refractivity contribution in [2.45, 2.75) is 26.3 Å². The van der Waals surface area contributed by atoms with Crippen molar-refractivity contribution in [2.75, 3.05) is 12.3 Å². The molecule has 5 rings (SSSR count). The second-order valence-corrected chi connectivity index (χ2v) is 7.84. The van der Waals surface area contributed by atoms with Crippen molar-refractivity contribution in [3.05, 3.63) is 76.1 Å². The second kappa shape index (κ2) is 8.60. The Morgan fingerprint density at radius 1 is 1.12 bits per heavy atom. The zero-order valence-corrected chi connectivity index (χ0v) is 18.3. The van der Waals surface area contributed by atoms with E-state index in [1.165, 1.54) is 23.0 Å². The predicted molar refractivity (Wildman–Crippen MR) is 124 cm³/mol. The summed E-state index contributed by atoms with van der Waals surface area (Å²) in [6, 6.07) is 7.73. The molecule has 0 aliphatic rings. The largest absolute Gasteiger partial charge is 0.396 e. The van der Waals surface area contributed by atoms with Gasteiger partial charge in [-0.25, -0.2) is 29.0 Å². The number of nitrogen functional groups attached to an aromatic ring is 1. The number of halogens is 1. The molecule has 0 saturated heterocycles. The summed E-state index contributed by atoms with van der Waals surface area (Å²) in [5, 5.41) is 14.8. The van der Waals surface area contributed by atoms with Crippen LogP contribution < -0.4 is 11.3 Å². The van der Waals surface area contributed by atoms with Gasteiger partial charge in [-0.1, -0.05) is 12.1 Å². The second-order valence-electron chi connectivity index (χ2n) is 7.84. The molecule has 0 aliphatic carbocycles. The Bertz CT molecular complexity index is 1590. The minimum absolute atomic E-state index is 0.00120. The zero-order chi connectivity index (χ0) is 23.8. The third-order valence-electron chi connectivity index (χ3n) is 5.64. The SMILES string of the molecule is Cc1ccnc2nc(Cn3nc(CCCO)c4c(N)ncnc43)n(-c3ccccc3F)c(=O)c12. The monoisotopic (exact) mass is 460 g/mol. The average molecular weight is 460 g/mol. The summed E-state index contributed by atoms with van der Waals surface area (Å²) in [7, 11) is 0. The van der Waals surface area contributed by atoms with Gasteiger partial charge < -0.3 is 10.8 Å². The number of benzene rings is 1. The maximum Gasteiger partial charge on any atom is 0.268 e. The summed E-state index contributed by atoms with van der Waals surface area (Å²) in [5.41, 5.74) is 7.77. The van der Waals surface area contributed by atoms with E-state index in [-0.39, 0.29) is 36.1 Å². The van der Waals surface area contributed by atoms with Crippen LogP contribution >= 0.6 is 0 Å². The third kappa shape index (κ3) is 3.55. The quantitative estimate of drug-likeness (QED) is 0.392. The van der Waals surface area contributed by atoms with Crippen molar-refractivity contribution in [1.82, 2.24) is 34.3 Å². The lowest BCUT2D eigenvalue weighted by Crippen LogP contribution is -2.27. The van der Waals surface area contributed by atoms with Crippen LogP contribution in [0, 0.1) is 12.7 Å². The van der Waals surface area contributed by atoms with E-state index < -0.39 is 11.4 Å². The molecule has 34 heavy (non-hydrogen) atoms. The Balaban J connectivity index is 1.76. The number of rotatable bonds is 6. The molecule has 0 spiro atoms. The van der Waals surface area contributed by atoms with Crippen LogP contribution in [0.2, 0.25) is 0 Å². The van der Waals surface area contributed by atoms with Crippen molar-refractivity contribution in [2.24, 2.45) is 0 Å². The van der Waals surface area contributed by atoms with Gasteiger partial charge in [-0.15, -0.1) is 0 Å². The highest BCUT2D eigenvalue weighted by Gasteiger charge is 2.21. The molecule has 0 amide bonds. The first-order chi connectivity index (χ1) is 16.5. The molecule has 0 bridgehead atoms. The normalized spacial score (nSPS) is 11.5. The van der Waals surface area contributed by atoms with E-state index in [1.54, 1.807) is 36.0 Å². The molecule has 0 radical (unpaired) electrons. The van der Waals surface area contributed by atoms with Crippen LogP contribution in [0.5, 0.6) is 0 Å². The number of nitrogens with zero attached hydrogens (tertiary/aromatic N) is 7. The number of fused-ring (bicyclic) bond motifs is 2. The minimum Gasteiger partial charge on any atom is -0.396 e. The first-order valence-corrected chi connectivity index (χ1v) is 10.7. The molecule has 0 saturated carbocycles. The number of aliphatic hydroxyl groups is 1. The predicted octanol–water partition coefficient (Wildman–Crippen LogP) is 1.92. The molecule has 4 aromatic heterocycles. The number of aryl methyl sites for hydroxylation is 2. The van der Waals surface area contributed by atoms with Gasteiger partial charge in [0.1, 0.15) is 30.3 Å². The summed E-state index contributed by atoms with van der Waals surface area (Å²) in [4.78, 5) is 30.9. The maximum absolute atomic E-state index is 14.8. The minimum atomic E-state index is -0.561. The molecule has 0 atom stereocenters. The third-order valence-corrected chi connectivity index (χ3v) is 5.64. The highest BCUT2D eigenvalue weighted by molar-refractivity contribution is 5.88. The number of hydrogen-bond donors (Lipinski definition) is 2. The van der Waals surface area contributed by atoms with E-state index in [2.05, 4.69) is 25.0 Å². The molecular formula is C23H21FN8O2. The van der Waals surface area contributed by atoms with Crippen molar-refractivity contribution in [1.29, 1.82) is 0 Å². The summed E-state index contributed by atoms with van der Waals surface area (Å²) in [6.07, 6.45) is 3.85. The lowest BCUT2D eigenvalue weighted by atomic mass is 10.2. The summed E-state index contributed by atoms with van der Waals surface area (Å²) < 4.78 is 17.6. The fourth-order valence-electron chi connectivity index (χ4n) is 4.05. The molecule has 1 aromatic carbocycles. The van der Waals surface area contributed by atoms with Crippen LogP contribution in [-0.2, 0) is 13.0 Å². The Hall–Kier alpha value is -4.25. The van der Waals surface area contributed by atoms with Gasteiger partial charge in [-0.2, -0.15) is 5.10 Å². The lowest BCUT2D eigenvalue weighted by Gasteiger charge is -2.15. The standard InChI is InChI=1S/C23H21FN8O2/c1-13-8-9-26-21-18(13)23(34)32(16-7-3-2-5-14(16)24)17(29-21)11-31-22-19(20(25)27-12-28-22)15(30-31)6-4-10-33/h2-3,5,7-9,12,33H,4,6,10-11H2,1H3,(H2,25,27,28). The van der Waals surface area contributed by atoms with Crippen LogP contribution in [0.4, 0.5) is 10.2 Å². The van der Waals surface area contributed by atoms with Crippen molar-refractivity contribution in [3.8, 4) is 5.69 Å². The molecule has 5 aromatic rings. The van der Waals surface area contributed by atoms with E-state index in [9.17, 15) is 14.3 Å². The Morgan fingerprint density at radius 3 is 2.74 bits per heavy atom. The molecule has 11 heteroatoms. The van der Waals surface area contributed by atoms with Crippen LogP contribution in [0.1, 0.15) is 23.5 Å². The highest BCUT2D eigenvalue weighted by atomic mass is 19.1. The van der Waals surface area contributed by atoms with E-state index >= 15 is 0 Å². The smallest absolute Gasteiger partial charge is 0.268 e. The highest BCUT2D eigenvalue weighted by Crippen LogP contribution is 2.24. The molecule has 172 valence electrons. The molecule has 10 nitrogen and oxygen atoms in total. The van der Waals surface area contributed by atoms with Gasteiger partial charge in [0.05, 0.1) is 22.2 Å². The van der Waals surface area contributed by atoms with Gasteiger partial charge in [0.2, 0.25) is 0 Å². The van der Waals surface area contributed by atoms with Gasteiger partial charge >= 0.3 is 0 Å². The van der Waals surface area contributed by atoms with Crippen LogP contribution in [-0.4, -0.2) is 46.0 Å². The van der Waals surface area contributed by atoms with Gasteiger partial charge in [0.15, 0.2) is 11.3 Å². The van der Waals surface area contributed by atoms with Crippen LogP contribution in [0.3, 0.4) is 0 Å². The number of aliphatic hydroxyl groups excluding tert-OH is 1. The van der Waals surface area contributed by atoms with Gasteiger partial charge in [0, 0.05) is 12.8 Å². The summed E-state index contributed by atoms with van der Waals surface area (Å²) >= 11 is 0. The first-order valence-electron chi connectivity index (χ1n) is 10.7. The fraction of sp³-hybridized carbons (Fsp3) is 0.217. The van der Waals surface area contributed by atoms with Crippen LogP contribution in [0.25, 0.3) is 27.8 Å². The van der Waals surface area contributed by atoms with Crippen molar-refractivity contribution >= 4 is 27.9 Å². The van der Waals surface area contributed by atoms with Gasteiger partial charge in [-0.3, -0.25) is 9.36 Å². The van der Waals surface area contributed by atoms with E-state index in [1.807, 2.05) is 0 Å². The van der Waals surface area contributed by atoms with E-state index in [0.29, 0.717) is 40.5 Å². The van der Waals surface area contributed by atoms with Crippen molar-refractivity contribution < 1.29 is 9.50 Å². The molecule has 0 fully saturated rings. The van der Waals surface area contributed by atoms with E-state index in [0.717, 1.165) is 0 Å². The molecule has 0 aliphatic heterocycles. The number of anilines is 1. The summed E-state index contributed by atoms with van der Waals surface area (Å²) in [6.45, 7) is 1.78. The van der Waals surface area contributed by atoms with Gasteiger partial charge in [-0.05, 0) is 43.5 Å². The molecule has 3 N–H and O–H groups in total. The molecule has 0 unspecified atom stereocenters. The number of para-hydroxylation sites is 1. The number of hydrogen-bond acceptors (Lipinski definition) is 8. The average Bonchev–Trinajstić information content (AvgIpc) is 3.17. The maximum atomic E-state index is 14.8. The Labute approximate surface area is 192 Å². The topological polar surface area (TPSA) is 138 Å². The number of nitrogens with two attached hydrogens (primary N) is 1. The molecule has 4 heterocycles.